The van der Waals surface area contributed by atoms with Gasteiger partial charge in [-0.3, -0.25) is 14.9 Å². The summed E-state index contributed by atoms with van der Waals surface area (Å²) in [4.78, 5) is 21.8. The Morgan fingerprint density at radius 1 is 0.935 bits per heavy atom. The molecule has 0 spiro atoms. The zero-order valence-electron chi connectivity index (χ0n) is 18.0. The van der Waals surface area contributed by atoms with E-state index in [-0.39, 0.29) is 17.6 Å². The molecule has 0 saturated carbocycles. The van der Waals surface area contributed by atoms with E-state index in [9.17, 15) is 14.9 Å². The third-order valence-corrected chi connectivity index (χ3v) is 4.74. The molecule has 2 aromatic rings. The van der Waals surface area contributed by atoms with Crippen molar-refractivity contribution in [2.24, 2.45) is 16.1 Å². The van der Waals surface area contributed by atoms with Crippen LogP contribution in [-0.4, -0.2) is 24.1 Å². The second-order valence-corrected chi connectivity index (χ2v) is 7.21. The summed E-state index contributed by atoms with van der Waals surface area (Å²) in [7, 11) is 0. The highest BCUT2D eigenvalue weighted by atomic mass is 16.6. The predicted octanol–water partition coefficient (Wildman–Crippen LogP) is 6.54. The van der Waals surface area contributed by atoms with Crippen LogP contribution in [0.3, 0.4) is 0 Å². The number of carbonyl (C=O) groups is 1. The summed E-state index contributed by atoms with van der Waals surface area (Å²) in [6.07, 6.45) is 4.62. The van der Waals surface area contributed by atoms with Crippen molar-refractivity contribution in [2.75, 3.05) is 13.2 Å². The third-order valence-electron chi connectivity index (χ3n) is 4.74. The van der Waals surface area contributed by atoms with Crippen LogP contribution in [0, 0.1) is 16.0 Å². The van der Waals surface area contributed by atoms with E-state index in [4.69, 9.17) is 9.47 Å². The van der Waals surface area contributed by atoms with Crippen LogP contribution < -0.4 is 4.74 Å². The highest BCUT2D eigenvalue weighted by Crippen LogP contribution is 2.23. The smallest absolute Gasteiger partial charge is 0.308 e. The number of non-ortho nitro benzene ring substituents is 1. The first kappa shape index (κ1) is 24.0. The lowest BCUT2D eigenvalue weighted by molar-refractivity contribution is -0.384. The number of unbranched alkanes of at least 4 members (excludes halogenated alkanes) is 3. The molecule has 2 rings (SSSR count). The summed E-state index contributed by atoms with van der Waals surface area (Å²) < 4.78 is 11.0. The first-order valence-electron chi connectivity index (χ1n) is 10.5. The van der Waals surface area contributed by atoms with Gasteiger partial charge in [0.05, 0.1) is 35.4 Å². The highest BCUT2D eigenvalue weighted by molar-refractivity contribution is 5.71. The van der Waals surface area contributed by atoms with Gasteiger partial charge < -0.3 is 9.47 Å². The predicted molar refractivity (Wildman–Crippen MR) is 118 cm³/mol. The van der Waals surface area contributed by atoms with Gasteiger partial charge in [-0.2, -0.15) is 10.2 Å². The first-order valence-corrected chi connectivity index (χ1v) is 10.5. The first-order chi connectivity index (χ1) is 15.0. The molecule has 31 heavy (non-hydrogen) atoms. The van der Waals surface area contributed by atoms with Gasteiger partial charge in [-0.05, 0) is 68.5 Å². The summed E-state index contributed by atoms with van der Waals surface area (Å²) in [5.41, 5.74) is 1.23. The van der Waals surface area contributed by atoms with E-state index in [2.05, 4.69) is 10.2 Å². The Kier molecular flexibility index (Phi) is 10.1. The van der Waals surface area contributed by atoms with Gasteiger partial charge in [-0.25, -0.2) is 0 Å². The van der Waals surface area contributed by atoms with Crippen molar-refractivity contribution in [3.8, 4) is 5.75 Å². The maximum atomic E-state index is 11.6. The average Bonchev–Trinajstić information content (AvgIpc) is 2.79. The molecule has 0 aromatic heterocycles. The molecule has 0 N–H and O–H groups in total. The second kappa shape index (κ2) is 13.1. The van der Waals surface area contributed by atoms with Crippen LogP contribution in [0.2, 0.25) is 0 Å². The molecule has 1 unspecified atom stereocenters. The molecule has 0 heterocycles. The van der Waals surface area contributed by atoms with Crippen LogP contribution >= 0.6 is 0 Å². The van der Waals surface area contributed by atoms with E-state index in [0.717, 1.165) is 37.9 Å². The SMILES string of the molecule is CCC(C)C(=O)OCCCCCCOc1ccc(N=Nc2ccc([N+](=O)[O-])cc2)cc1. The Hall–Kier alpha value is -3.29. The Morgan fingerprint density at radius 3 is 2.03 bits per heavy atom. The monoisotopic (exact) mass is 427 g/mol. The number of carbonyl (C=O) groups excluding carboxylic acids is 1. The molecule has 0 aliphatic rings. The topological polar surface area (TPSA) is 103 Å². The zero-order chi connectivity index (χ0) is 22.5. The van der Waals surface area contributed by atoms with Gasteiger partial charge in [0.25, 0.3) is 5.69 Å². The Balaban J connectivity index is 1.62. The summed E-state index contributed by atoms with van der Waals surface area (Å²) >= 11 is 0. The van der Waals surface area contributed by atoms with Crippen molar-refractivity contribution < 1.29 is 19.2 Å². The fourth-order valence-corrected chi connectivity index (χ4v) is 2.59. The van der Waals surface area contributed by atoms with Crippen molar-refractivity contribution in [1.82, 2.24) is 0 Å². The molecule has 2 aromatic carbocycles. The molecular formula is C23H29N3O5. The Bertz CT molecular complexity index is 851. The molecule has 166 valence electrons. The number of ether oxygens (including phenoxy) is 2. The number of esters is 1. The second-order valence-electron chi connectivity index (χ2n) is 7.21. The molecule has 0 radical (unpaired) electrons. The van der Waals surface area contributed by atoms with Gasteiger partial charge in [0.1, 0.15) is 5.75 Å². The van der Waals surface area contributed by atoms with Gasteiger partial charge in [-0.15, -0.1) is 0 Å². The molecule has 0 fully saturated rings. The van der Waals surface area contributed by atoms with Crippen molar-refractivity contribution in [3.05, 3.63) is 58.6 Å². The minimum Gasteiger partial charge on any atom is -0.494 e. The molecule has 0 aliphatic heterocycles. The number of hydrogen-bond acceptors (Lipinski definition) is 7. The lowest BCUT2D eigenvalue weighted by Crippen LogP contribution is -2.14. The van der Waals surface area contributed by atoms with E-state index in [1.807, 2.05) is 26.0 Å². The minimum atomic E-state index is -0.453. The van der Waals surface area contributed by atoms with Gasteiger partial charge in [0, 0.05) is 12.1 Å². The van der Waals surface area contributed by atoms with Crippen LogP contribution in [0.15, 0.2) is 58.8 Å². The van der Waals surface area contributed by atoms with E-state index >= 15 is 0 Å². The maximum absolute atomic E-state index is 11.6. The van der Waals surface area contributed by atoms with Crippen molar-refractivity contribution in [2.45, 2.75) is 46.0 Å². The van der Waals surface area contributed by atoms with Gasteiger partial charge in [-0.1, -0.05) is 13.8 Å². The number of hydrogen-bond donors (Lipinski definition) is 0. The van der Waals surface area contributed by atoms with Gasteiger partial charge in [0.2, 0.25) is 0 Å². The van der Waals surface area contributed by atoms with E-state index in [1.165, 1.54) is 12.1 Å². The number of benzene rings is 2. The van der Waals surface area contributed by atoms with Crippen LogP contribution in [0.25, 0.3) is 0 Å². The van der Waals surface area contributed by atoms with Crippen LogP contribution in [0.4, 0.5) is 17.1 Å². The van der Waals surface area contributed by atoms with Crippen molar-refractivity contribution in [1.29, 1.82) is 0 Å². The molecule has 1 atom stereocenters. The van der Waals surface area contributed by atoms with Crippen molar-refractivity contribution in [3.63, 3.8) is 0 Å². The standard InChI is InChI=1S/C23H29N3O5/c1-3-18(2)23(27)31-17-7-5-4-6-16-30-22-14-10-20(11-15-22)25-24-19-8-12-21(13-9-19)26(28)29/h8-15,18H,3-7,16-17H2,1-2H3. The zero-order valence-corrected chi connectivity index (χ0v) is 18.0. The van der Waals surface area contributed by atoms with E-state index in [0.29, 0.717) is 24.6 Å². The number of nitro groups is 1. The number of nitro benzene ring substituents is 1. The van der Waals surface area contributed by atoms with Gasteiger partial charge in [0.15, 0.2) is 0 Å². The summed E-state index contributed by atoms with van der Waals surface area (Å²) in [5, 5.41) is 18.8. The van der Waals surface area contributed by atoms with E-state index in [1.54, 1.807) is 24.3 Å². The maximum Gasteiger partial charge on any atom is 0.308 e. The fourth-order valence-electron chi connectivity index (χ4n) is 2.59. The highest BCUT2D eigenvalue weighted by Gasteiger charge is 2.10. The molecule has 0 saturated heterocycles. The molecular weight excluding hydrogens is 398 g/mol. The normalized spacial score (nSPS) is 11.9. The lowest BCUT2D eigenvalue weighted by atomic mass is 10.1. The largest absolute Gasteiger partial charge is 0.494 e. The molecule has 0 aliphatic carbocycles. The molecule has 8 heteroatoms. The Morgan fingerprint density at radius 2 is 1.48 bits per heavy atom. The Labute approximate surface area is 182 Å². The average molecular weight is 428 g/mol. The van der Waals surface area contributed by atoms with E-state index < -0.39 is 4.92 Å². The van der Waals surface area contributed by atoms with Crippen molar-refractivity contribution >= 4 is 23.0 Å². The van der Waals surface area contributed by atoms with Gasteiger partial charge >= 0.3 is 5.97 Å². The minimum absolute atomic E-state index is 0.0190. The molecule has 0 amide bonds. The summed E-state index contributed by atoms with van der Waals surface area (Å²) in [6, 6.07) is 13.2. The van der Waals surface area contributed by atoms with Crippen LogP contribution in [0.5, 0.6) is 5.75 Å². The molecule has 0 bridgehead atoms. The number of rotatable bonds is 13. The van der Waals surface area contributed by atoms with Crippen LogP contribution in [0.1, 0.15) is 46.0 Å². The summed E-state index contributed by atoms with van der Waals surface area (Å²) in [5.74, 6) is 0.627. The number of nitrogens with zero attached hydrogens (tertiary/aromatic N) is 3. The third kappa shape index (κ3) is 8.94. The quantitative estimate of drug-likeness (QED) is 0.119. The lowest BCUT2D eigenvalue weighted by Gasteiger charge is -2.09. The fraction of sp³-hybridized carbons (Fsp3) is 0.435. The van der Waals surface area contributed by atoms with Crippen LogP contribution in [-0.2, 0) is 9.53 Å². The summed E-state index contributed by atoms with van der Waals surface area (Å²) in [6.45, 7) is 4.97. The molecule has 8 nitrogen and oxygen atoms in total. The number of azo groups is 1.